The fourth-order valence-electron chi connectivity index (χ4n) is 1.39. The summed E-state index contributed by atoms with van der Waals surface area (Å²) in [4.78, 5) is 0. The minimum absolute atomic E-state index is 0.369. The van der Waals surface area contributed by atoms with E-state index >= 15 is 0 Å². The summed E-state index contributed by atoms with van der Waals surface area (Å²) < 4.78 is 13.1. The largest absolute Gasteiger partial charge is 0.243 e. The molecular weight excluding hydrogens is 139 g/mol. The molecule has 0 aliphatic heterocycles. The molecule has 2 atom stereocenters. The van der Waals surface area contributed by atoms with Crippen molar-refractivity contribution in [3.63, 3.8) is 0 Å². The highest BCUT2D eigenvalue weighted by molar-refractivity contribution is 5.14. The third-order valence-corrected chi connectivity index (χ3v) is 2.41. The van der Waals surface area contributed by atoms with Gasteiger partial charge in [-0.05, 0) is 38.2 Å². The quantitative estimate of drug-likeness (QED) is 0.508. The van der Waals surface area contributed by atoms with Gasteiger partial charge in [-0.1, -0.05) is 18.2 Å². The summed E-state index contributed by atoms with van der Waals surface area (Å²) in [5.74, 6) is 0.369. The zero-order valence-corrected chi connectivity index (χ0v) is 7.23. The van der Waals surface area contributed by atoms with Crippen molar-refractivity contribution in [2.45, 2.75) is 32.9 Å². The molecule has 11 heavy (non-hydrogen) atoms. The predicted octanol–water partition coefficient (Wildman–Crippen LogP) is 3.26. The van der Waals surface area contributed by atoms with Crippen molar-refractivity contribution in [3.05, 3.63) is 23.8 Å². The van der Waals surface area contributed by atoms with Crippen LogP contribution in [0.4, 0.5) is 4.39 Å². The van der Waals surface area contributed by atoms with Crippen LogP contribution in [0.1, 0.15) is 26.7 Å². The number of rotatable bonds is 1. The Hall–Kier alpha value is -0.590. The molecule has 0 aromatic carbocycles. The van der Waals surface area contributed by atoms with Crippen LogP contribution in [0.3, 0.4) is 0 Å². The van der Waals surface area contributed by atoms with Crippen LogP contribution in [0.5, 0.6) is 0 Å². The van der Waals surface area contributed by atoms with Gasteiger partial charge in [-0.25, -0.2) is 4.39 Å². The van der Waals surface area contributed by atoms with Gasteiger partial charge >= 0.3 is 0 Å². The Balaban J connectivity index is 2.62. The first-order valence-electron chi connectivity index (χ1n) is 4.07. The highest BCUT2D eigenvalue weighted by atomic mass is 19.1. The third kappa shape index (κ3) is 1.92. The zero-order valence-electron chi connectivity index (χ0n) is 7.23. The molecule has 0 radical (unpaired) electrons. The summed E-state index contributed by atoms with van der Waals surface area (Å²) in [6.07, 6.45) is 2.87. The molecule has 0 aromatic rings. The maximum absolute atomic E-state index is 13.1. The van der Waals surface area contributed by atoms with E-state index < -0.39 is 6.17 Å². The standard InChI is InChI=1S/C10H15F/c1-7(2)9-5-4-8(3)10(11)6-9/h4,9-10H,1,5-6H2,2-3H3/t9-,10-/m1/s1. The van der Waals surface area contributed by atoms with Crippen molar-refractivity contribution in [2.24, 2.45) is 5.92 Å². The molecule has 1 heteroatoms. The lowest BCUT2D eigenvalue weighted by Crippen LogP contribution is -2.16. The second-order valence-electron chi connectivity index (χ2n) is 3.43. The van der Waals surface area contributed by atoms with Crippen LogP contribution < -0.4 is 0 Å². The van der Waals surface area contributed by atoms with Crippen molar-refractivity contribution in [2.75, 3.05) is 0 Å². The van der Waals surface area contributed by atoms with E-state index in [1.165, 1.54) is 0 Å². The van der Waals surface area contributed by atoms with Crippen LogP contribution in [0.25, 0.3) is 0 Å². The summed E-state index contributed by atoms with van der Waals surface area (Å²) in [6, 6.07) is 0. The Bertz CT molecular complexity index is 191. The molecule has 0 fully saturated rings. The lowest BCUT2D eigenvalue weighted by Gasteiger charge is -2.23. The molecule has 0 saturated carbocycles. The Kier molecular flexibility index (Phi) is 2.48. The number of hydrogen-bond donors (Lipinski definition) is 0. The Labute approximate surface area is 67.8 Å². The Morgan fingerprint density at radius 3 is 2.82 bits per heavy atom. The second-order valence-corrected chi connectivity index (χ2v) is 3.43. The average molecular weight is 154 g/mol. The number of hydrogen-bond acceptors (Lipinski definition) is 0. The highest BCUT2D eigenvalue weighted by Crippen LogP contribution is 2.29. The van der Waals surface area contributed by atoms with E-state index in [-0.39, 0.29) is 0 Å². The number of alkyl halides is 1. The fourth-order valence-corrected chi connectivity index (χ4v) is 1.39. The zero-order chi connectivity index (χ0) is 8.43. The molecule has 62 valence electrons. The maximum Gasteiger partial charge on any atom is 0.121 e. The van der Waals surface area contributed by atoms with Crippen molar-refractivity contribution in [3.8, 4) is 0 Å². The minimum Gasteiger partial charge on any atom is -0.243 e. The van der Waals surface area contributed by atoms with E-state index in [1.54, 1.807) is 0 Å². The lowest BCUT2D eigenvalue weighted by atomic mass is 9.85. The summed E-state index contributed by atoms with van der Waals surface area (Å²) >= 11 is 0. The molecule has 0 spiro atoms. The molecule has 0 amide bonds. The van der Waals surface area contributed by atoms with Gasteiger partial charge in [0.15, 0.2) is 0 Å². The van der Waals surface area contributed by atoms with E-state index in [0.29, 0.717) is 12.3 Å². The van der Waals surface area contributed by atoms with Crippen LogP contribution in [0.2, 0.25) is 0 Å². The van der Waals surface area contributed by atoms with E-state index in [4.69, 9.17) is 0 Å². The van der Waals surface area contributed by atoms with E-state index in [9.17, 15) is 4.39 Å². The van der Waals surface area contributed by atoms with Gasteiger partial charge in [0.25, 0.3) is 0 Å². The molecule has 1 rings (SSSR count). The first-order valence-corrected chi connectivity index (χ1v) is 4.07. The molecular formula is C10H15F. The van der Waals surface area contributed by atoms with Gasteiger partial charge in [-0.2, -0.15) is 0 Å². The Morgan fingerprint density at radius 1 is 1.73 bits per heavy atom. The second kappa shape index (κ2) is 3.21. The van der Waals surface area contributed by atoms with Gasteiger partial charge in [-0.3, -0.25) is 0 Å². The van der Waals surface area contributed by atoms with Gasteiger partial charge < -0.3 is 0 Å². The molecule has 0 bridgehead atoms. The molecule has 0 nitrogen and oxygen atoms in total. The first-order chi connectivity index (χ1) is 5.11. The molecule has 1 aliphatic carbocycles. The van der Waals surface area contributed by atoms with Crippen LogP contribution in [0.15, 0.2) is 23.8 Å². The van der Waals surface area contributed by atoms with Crippen molar-refractivity contribution in [1.82, 2.24) is 0 Å². The summed E-state index contributed by atoms with van der Waals surface area (Å²) in [7, 11) is 0. The molecule has 0 saturated heterocycles. The fraction of sp³-hybridized carbons (Fsp3) is 0.600. The summed E-state index contributed by atoms with van der Waals surface area (Å²) in [6.45, 7) is 7.68. The van der Waals surface area contributed by atoms with E-state index in [2.05, 4.69) is 6.58 Å². The molecule has 0 N–H and O–H groups in total. The molecule has 1 aliphatic rings. The number of halogens is 1. The molecule has 0 unspecified atom stereocenters. The normalized spacial score (nSPS) is 31.4. The van der Waals surface area contributed by atoms with Crippen molar-refractivity contribution >= 4 is 0 Å². The smallest absolute Gasteiger partial charge is 0.121 e. The molecule has 0 heterocycles. The minimum atomic E-state index is -0.731. The monoisotopic (exact) mass is 154 g/mol. The van der Waals surface area contributed by atoms with Crippen LogP contribution in [-0.4, -0.2) is 6.17 Å². The third-order valence-electron chi connectivity index (χ3n) is 2.41. The Morgan fingerprint density at radius 2 is 2.36 bits per heavy atom. The van der Waals surface area contributed by atoms with E-state index in [0.717, 1.165) is 17.6 Å². The molecule has 0 aromatic heterocycles. The van der Waals surface area contributed by atoms with Crippen LogP contribution >= 0.6 is 0 Å². The summed E-state index contributed by atoms with van der Waals surface area (Å²) in [5.41, 5.74) is 2.00. The topological polar surface area (TPSA) is 0 Å². The van der Waals surface area contributed by atoms with Gasteiger partial charge in [0.05, 0.1) is 0 Å². The van der Waals surface area contributed by atoms with Crippen LogP contribution in [-0.2, 0) is 0 Å². The van der Waals surface area contributed by atoms with E-state index in [1.807, 2.05) is 19.9 Å². The SMILES string of the molecule is C=C(C)[C@@H]1CC=C(C)[C@H](F)C1. The average Bonchev–Trinajstić information content (AvgIpc) is 1.94. The highest BCUT2D eigenvalue weighted by Gasteiger charge is 2.21. The lowest BCUT2D eigenvalue weighted by molar-refractivity contribution is 0.307. The van der Waals surface area contributed by atoms with Gasteiger partial charge in [0.1, 0.15) is 6.17 Å². The van der Waals surface area contributed by atoms with Crippen molar-refractivity contribution in [1.29, 1.82) is 0 Å². The van der Waals surface area contributed by atoms with Gasteiger partial charge in [0, 0.05) is 0 Å². The first kappa shape index (κ1) is 8.51. The van der Waals surface area contributed by atoms with Gasteiger partial charge in [-0.15, -0.1) is 0 Å². The number of allylic oxidation sites excluding steroid dienone is 3. The van der Waals surface area contributed by atoms with Gasteiger partial charge in [0.2, 0.25) is 0 Å². The summed E-state index contributed by atoms with van der Waals surface area (Å²) in [5, 5.41) is 0. The van der Waals surface area contributed by atoms with Crippen LogP contribution in [0, 0.1) is 5.92 Å². The maximum atomic E-state index is 13.1. The predicted molar refractivity (Wildman–Crippen MR) is 46.2 cm³/mol. The van der Waals surface area contributed by atoms with Crippen molar-refractivity contribution < 1.29 is 4.39 Å².